The van der Waals surface area contributed by atoms with Crippen LogP contribution in [0.1, 0.15) is 26.2 Å². The van der Waals surface area contributed by atoms with E-state index in [0.717, 1.165) is 4.48 Å². The number of allylic oxidation sites excluding steroid dienone is 1. The Morgan fingerprint density at radius 2 is 2.42 bits per heavy atom. The molecule has 1 aliphatic rings. The second kappa shape index (κ2) is 3.90. The molecule has 1 heteroatoms. The molecule has 0 bridgehead atoms. The lowest BCUT2D eigenvalue weighted by molar-refractivity contribution is -0.864. The average Bonchev–Trinajstić information content (AvgIpc) is 2.44. The third-order valence-corrected chi connectivity index (χ3v) is 2.81. The van der Waals surface area contributed by atoms with Gasteiger partial charge in [0.2, 0.25) is 0 Å². The first-order valence-electron chi connectivity index (χ1n) is 4.90. The molecular weight excluding hydrogens is 146 g/mol. The molecule has 0 aliphatic carbocycles. The highest BCUT2D eigenvalue weighted by Crippen LogP contribution is 2.24. The number of unbranched alkanes of at least 4 members (excludes halogenated alkanes) is 1. The van der Waals surface area contributed by atoms with Crippen molar-refractivity contribution < 1.29 is 4.48 Å². The SMILES string of the molecule is C=CC1=CCC[N+]1(C)CCCC. The van der Waals surface area contributed by atoms with Crippen molar-refractivity contribution in [3.05, 3.63) is 24.4 Å². The molecule has 0 amide bonds. The first-order valence-corrected chi connectivity index (χ1v) is 4.90. The molecule has 68 valence electrons. The predicted octanol–water partition coefficient (Wildman–Crippen LogP) is 2.71. The molecule has 0 saturated carbocycles. The van der Waals surface area contributed by atoms with Gasteiger partial charge in [0, 0.05) is 6.42 Å². The largest absolute Gasteiger partial charge is 0.294 e. The predicted molar refractivity (Wildman–Crippen MR) is 53.7 cm³/mol. The summed E-state index contributed by atoms with van der Waals surface area (Å²) in [5.74, 6) is 0. The first-order chi connectivity index (χ1) is 5.73. The van der Waals surface area contributed by atoms with Crippen molar-refractivity contribution in [1.82, 2.24) is 0 Å². The standard InChI is InChI=1S/C11H20N/c1-4-6-9-12(3)10-7-8-11(12)5-2/h5,8H,2,4,6-7,9-10H2,1,3H3/q+1. The van der Waals surface area contributed by atoms with Gasteiger partial charge in [-0.3, -0.25) is 4.48 Å². The fourth-order valence-corrected chi connectivity index (χ4v) is 1.90. The Morgan fingerprint density at radius 3 is 3.00 bits per heavy atom. The highest BCUT2D eigenvalue weighted by molar-refractivity contribution is 5.11. The Labute approximate surface area is 76.0 Å². The minimum atomic E-state index is 1.11. The zero-order valence-corrected chi connectivity index (χ0v) is 8.34. The summed E-state index contributed by atoms with van der Waals surface area (Å²) in [5, 5.41) is 0. The lowest BCUT2D eigenvalue weighted by atomic mass is 10.2. The smallest absolute Gasteiger partial charge is 0.128 e. The van der Waals surface area contributed by atoms with Gasteiger partial charge in [-0.25, -0.2) is 0 Å². The van der Waals surface area contributed by atoms with Crippen LogP contribution >= 0.6 is 0 Å². The molecule has 0 aromatic carbocycles. The molecule has 0 N–H and O–H groups in total. The summed E-state index contributed by atoms with van der Waals surface area (Å²) in [6, 6.07) is 0. The average molecular weight is 166 g/mol. The third kappa shape index (κ3) is 1.78. The van der Waals surface area contributed by atoms with E-state index >= 15 is 0 Å². The van der Waals surface area contributed by atoms with Crippen molar-refractivity contribution in [2.24, 2.45) is 0 Å². The van der Waals surface area contributed by atoms with Gasteiger partial charge in [0.1, 0.15) is 5.70 Å². The third-order valence-electron chi connectivity index (χ3n) is 2.81. The molecule has 0 fully saturated rings. The Hall–Kier alpha value is -0.560. The minimum absolute atomic E-state index is 1.11. The van der Waals surface area contributed by atoms with Crippen LogP contribution in [0.5, 0.6) is 0 Å². The number of quaternary nitrogens is 1. The second-order valence-corrected chi connectivity index (χ2v) is 3.82. The van der Waals surface area contributed by atoms with Crippen molar-refractivity contribution in [3.8, 4) is 0 Å². The highest BCUT2D eigenvalue weighted by Gasteiger charge is 2.28. The van der Waals surface area contributed by atoms with Gasteiger partial charge in [0.05, 0.1) is 20.1 Å². The molecule has 1 aliphatic heterocycles. The quantitative estimate of drug-likeness (QED) is 0.563. The van der Waals surface area contributed by atoms with Gasteiger partial charge >= 0.3 is 0 Å². The zero-order valence-electron chi connectivity index (χ0n) is 8.34. The highest BCUT2D eigenvalue weighted by atomic mass is 15.3. The van der Waals surface area contributed by atoms with Gasteiger partial charge in [-0.05, 0) is 18.6 Å². The van der Waals surface area contributed by atoms with Crippen LogP contribution in [0.2, 0.25) is 0 Å². The fourth-order valence-electron chi connectivity index (χ4n) is 1.90. The van der Waals surface area contributed by atoms with Crippen molar-refractivity contribution in [1.29, 1.82) is 0 Å². The van der Waals surface area contributed by atoms with E-state index in [1.165, 1.54) is 38.0 Å². The van der Waals surface area contributed by atoms with E-state index in [2.05, 4.69) is 26.6 Å². The van der Waals surface area contributed by atoms with E-state index in [-0.39, 0.29) is 0 Å². The van der Waals surface area contributed by atoms with E-state index < -0.39 is 0 Å². The van der Waals surface area contributed by atoms with E-state index in [9.17, 15) is 0 Å². The maximum absolute atomic E-state index is 3.86. The van der Waals surface area contributed by atoms with Crippen LogP contribution in [0.15, 0.2) is 24.4 Å². The van der Waals surface area contributed by atoms with Gasteiger partial charge < -0.3 is 0 Å². The molecule has 1 atom stereocenters. The van der Waals surface area contributed by atoms with Crippen molar-refractivity contribution in [2.75, 3.05) is 20.1 Å². The van der Waals surface area contributed by atoms with Crippen LogP contribution in [0.3, 0.4) is 0 Å². The Kier molecular flexibility index (Phi) is 3.10. The summed E-state index contributed by atoms with van der Waals surface area (Å²) >= 11 is 0. The molecule has 1 nitrogen and oxygen atoms in total. The number of hydrogen-bond donors (Lipinski definition) is 0. The molecule has 0 saturated heterocycles. The molecular formula is C11H20N+. The number of nitrogens with zero attached hydrogens (tertiary/aromatic N) is 1. The van der Waals surface area contributed by atoms with Gasteiger partial charge in [-0.1, -0.05) is 19.9 Å². The summed E-state index contributed by atoms with van der Waals surface area (Å²) in [5.41, 5.74) is 1.42. The van der Waals surface area contributed by atoms with Gasteiger partial charge in [0.15, 0.2) is 0 Å². The molecule has 0 radical (unpaired) electrons. The van der Waals surface area contributed by atoms with Crippen LogP contribution in [0, 0.1) is 0 Å². The van der Waals surface area contributed by atoms with Crippen LogP contribution in [0.25, 0.3) is 0 Å². The number of likely N-dealkylation sites (N-methyl/N-ethyl adjacent to an activating group) is 1. The van der Waals surface area contributed by atoms with E-state index in [0.29, 0.717) is 0 Å². The fraction of sp³-hybridized carbons (Fsp3) is 0.636. The monoisotopic (exact) mass is 166 g/mol. The summed E-state index contributed by atoms with van der Waals surface area (Å²) < 4.78 is 1.11. The summed E-state index contributed by atoms with van der Waals surface area (Å²) in [4.78, 5) is 0. The van der Waals surface area contributed by atoms with Gasteiger partial charge in [-0.15, -0.1) is 0 Å². The molecule has 12 heavy (non-hydrogen) atoms. The van der Waals surface area contributed by atoms with E-state index in [1.54, 1.807) is 0 Å². The number of hydrogen-bond acceptors (Lipinski definition) is 0. The Balaban J connectivity index is 2.58. The zero-order chi connectivity index (χ0) is 9.03. The minimum Gasteiger partial charge on any atom is -0.294 e. The second-order valence-electron chi connectivity index (χ2n) is 3.82. The summed E-state index contributed by atoms with van der Waals surface area (Å²) in [6.45, 7) is 8.65. The van der Waals surface area contributed by atoms with Crippen LogP contribution < -0.4 is 0 Å². The molecule has 1 unspecified atom stereocenters. The topological polar surface area (TPSA) is 0 Å². The maximum Gasteiger partial charge on any atom is 0.128 e. The van der Waals surface area contributed by atoms with Crippen LogP contribution in [-0.2, 0) is 0 Å². The lowest BCUT2D eigenvalue weighted by Gasteiger charge is -2.30. The van der Waals surface area contributed by atoms with Gasteiger partial charge in [0.25, 0.3) is 0 Å². The first kappa shape index (κ1) is 9.53. The van der Waals surface area contributed by atoms with Crippen molar-refractivity contribution in [3.63, 3.8) is 0 Å². The van der Waals surface area contributed by atoms with Crippen molar-refractivity contribution in [2.45, 2.75) is 26.2 Å². The van der Waals surface area contributed by atoms with Crippen LogP contribution in [0.4, 0.5) is 0 Å². The molecule has 0 aromatic rings. The maximum atomic E-state index is 3.86. The summed E-state index contributed by atoms with van der Waals surface area (Å²) in [7, 11) is 2.32. The summed E-state index contributed by atoms with van der Waals surface area (Å²) in [6.07, 6.45) is 8.17. The molecule has 1 heterocycles. The number of rotatable bonds is 4. The van der Waals surface area contributed by atoms with E-state index in [4.69, 9.17) is 0 Å². The Bertz CT molecular complexity index is 193. The van der Waals surface area contributed by atoms with Gasteiger partial charge in [-0.2, -0.15) is 0 Å². The molecule has 0 aromatic heterocycles. The molecule has 0 spiro atoms. The Morgan fingerprint density at radius 1 is 1.67 bits per heavy atom. The van der Waals surface area contributed by atoms with Crippen LogP contribution in [-0.4, -0.2) is 24.6 Å². The van der Waals surface area contributed by atoms with E-state index in [1.807, 2.05) is 6.08 Å². The normalized spacial score (nSPS) is 28.7. The van der Waals surface area contributed by atoms with Crippen molar-refractivity contribution >= 4 is 0 Å². The lowest BCUT2D eigenvalue weighted by Crippen LogP contribution is -2.40. The molecule has 1 rings (SSSR count).